The van der Waals surface area contributed by atoms with Crippen LogP contribution in [-0.2, 0) is 11.2 Å². The van der Waals surface area contributed by atoms with Crippen LogP contribution in [0.25, 0.3) is 0 Å². The van der Waals surface area contributed by atoms with E-state index >= 15 is 0 Å². The van der Waals surface area contributed by atoms with Crippen molar-refractivity contribution in [3.05, 3.63) is 29.8 Å². The Morgan fingerprint density at radius 2 is 1.92 bits per heavy atom. The highest BCUT2D eigenvalue weighted by molar-refractivity contribution is 14.0. The first-order valence-corrected chi connectivity index (χ1v) is 8.31. The number of benzene rings is 1. The number of carbonyl (C=O) groups is 1. The maximum atomic E-state index is 11.8. The summed E-state index contributed by atoms with van der Waals surface area (Å²) >= 11 is 0. The number of carbonyl (C=O) groups excluding carboxylic acids is 1. The molecule has 0 saturated carbocycles. The molecular formula is C18H31IN4O2. The quantitative estimate of drug-likeness (QED) is 0.315. The van der Waals surface area contributed by atoms with Gasteiger partial charge in [-0.3, -0.25) is 9.79 Å². The molecular weight excluding hydrogens is 431 g/mol. The van der Waals surface area contributed by atoms with Crippen LogP contribution in [0.15, 0.2) is 29.3 Å². The summed E-state index contributed by atoms with van der Waals surface area (Å²) in [5, 5.41) is 9.18. The van der Waals surface area contributed by atoms with Gasteiger partial charge < -0.3 is 20.7 Å². The van der Waals surface area contributed by atoms with Gasteiger partial charge in [0.05, 0.1) is 19.1 Å². The summed E-state index contributed by atoms with van der Waals surface area (Å²) in [6.45, 7) is 7.69. The summed E-state index contributed by atoms with van der Waals surface area (Å²) in [6, 6.07) is 7.98. The molecule has 0 heterocycles. The third kappa shape index (κ3) is 7.94. The zero-order valence-corrected chi connectivity index (χ0v) is 18.1. The maximum Gasteiger partial charge on any atom is 0.227 e. The van der Waals surface area contributed by atoms with Gasteiger partial charge in [0.25, 0.3) is 0 Å². The standard InChI is InChI=1S/C18H30N4O2.HI/c1-6-20-17(22-13-18(2,3)16(23)19-4)21-12-11-14-9-7-8-10-15(14)24-5;/h7-10H,6,11-13H2,1-5H3,(H,19,23)(H2,20,21,22);1H. The molecule has 0 aromatic heterocycles. The van der Waals surface area contributed by atoms with Gasteiger partial charge in [-0.1, -0.05) is 18.2 Å². The van der Waals surface area contributed by atoms with Crippen molar-refractivity contribution in [3.63, 3.8) is 0 Å². The van der Waals surface area contributed by atoms with Crippen LogP contribution in [0, 0.1) is 5.41 Å². The molecule has 0 bridgehead atoms. The third-order valence-corrected chi connectivity index (χ3v) is 3.70. The van der Waals surface area contributed by atoms with Gasteiger partial charge in [-0.05, 0) is 38.8 Å². The fourth-order valence-electron chi connectivity index (χ4n) is 2.25. The van der Waals surface area contributed by atoms with E-state index in [1.807, 2.05) is 39.0 Å². The van der Waals surface area contributed by atoms with Crippen molar-refractivity contribution < 1.29 is 9.53 Å². The lowest BCUT2D eigenvalue weighted by Gasteiger charge is -2.21. The van der Waals surface area contributed by atoms with E-state index < -0.39 is 5.41 Å². The number of aliphatic imine (C=N–C) groups is 1. The second-order valence-corrected chi connectivity index (χ2v) is 6.15. The van der Waals surface area contributed by atoms with Gasteiger partial charge in [0.2, 0.25) is 5.91 Å². The molecule has 0 radical (unpaired) electrons. The van der Waals surface area contributed by atoms with Crippen LogP contribution in [-0.4, -0.2) is 45.7 Å². The molecule has 6 nitrogen and oxygen atoms in total. The van der Waals surface area contributed by atoms with Crippen LogP contribution in [0.1, 0.15) is 26.3 Å². The minimum absolute atomic E-state index is 0. The van der Waals surface area contributed by atoms with E-state index in [0.29, 0.717) is 12.5 Å². The zero-order valence-electron chi connectivity index (χ0n) is 15.8. The van der Waals surface area contributed by atoms with Crippen LogP contribution in [0.5, 0.6) is 5.75 Å². The first kappa shape index (κ1) is 23.5. The Morgan fingerprint density at radius 1 is 1.24 bits per heavy atom. The second-order valence-electron chi connectivity index (χ2n) is 6.15. The van der Waals surface area contributed by atoms with Crippen molar-refractivity contribution in [2.45, 2.75) is 27.2 Å². The highest BCUT2D eigenvalue weighted by atomic mass is 127. The van der Waals surface area contributed by atoms with Crippen molar-refractivity contribution in [2.24, 2.45) is 10.4 Å². The molecule has 0 spiro atoms. The van der Waals surface area contributed by atoms with E-state index in [9.17, 15) is 4.79 Å². The Bertz CT molecular complexity index is 562. The molecule has 1 rings (SSSR count). The minimum Gasteiger partial charge on any atom is -0.496 e. The summed E-state index contributed by atoms with van der Waals surface area (Å²) in [7, 11) is 3.32. The van der Waals surface area contributed by atoms with Crippen LogP contribution in [0.4, 0.5) is 0 Å². The average molecular weight is 462 g/mol. The Hall–Kier alpha value is -1.51. The Labute approximate surface area is 168 Å². The molecule has 0 fully saturated rings. The van der Waals surface area contributed by atoms with Gasteiger partial charge in [0.1, 0.15) is 5.75 Å². The number of methoxy groups -OCH3 is 1. The molecule has 1 aromatic carbocycles. The summed E-state index contributed by atoms with van der Waals surface area (Å²) < 4.78 is 5.36. The molecule has 0 aliphatic heterocycles. The number of hydrogen-bond acceptors (Lipinski definition) is 3. The Morgan fingerprint density at radius 3 is 2.52 bits per heavy atom. The molecule has 142 valence electrons. The number of halogens is 1. The predicted molar refractivity (Wildman–Crippen MR) is 114 cm³/mol. The lowest BCUT2D eigenvalue weighted by Crippen LogP contribution is -2.41. The van der Waals surface area contributed by atoms with Crippen LogP contribution in [0.2, 0.25) is 0 Å². The molecule has 0 aliphatic carbocycles. The largest absolute Gasteiger partial charge is 0.496 e. The summed E-state index contributed by atoms with van der Waals surface area (Å²) in [6.07, 6.45) is 0.827. The second kappa shape index (κ2) is 11.9. The molecule has 0 saturated heterocycles. The lowest BCUT2D eigenvalue weighted by atomic mass is 9.93. The summed E-state index contributed by atoms with van der Waals surface area (Å²) in [4.78, 5) is 16.4. The summed E-state index contributed by atoms with van der Waals surface area (Å²) in [5.74, 6) is 1.59. The monoisotopic (exact) mass is 462 g/mol. The number of rotatable bonds is 8. The van der Waals surface area contributed by atoms with E-state index in [-0.39, 0.29) is 29.9 Å². The zero-order chi connectivity index (χ0) is 18.0. The number of hydrogen-bond donors (Lipinski definition) is 3. The molecule has 25 heavy (non-hydrogen) atoms. The van der Waals surface area contributed by atoms with Gasteiger partial charge in [-0.25, -0.2) is 0 Å². The van der Waals surface area contributed by atoms with Gasteiger partial charge in [-0.15, -0.1) is 24.0 Å². The van der Waals surface area contributed by atoms with Crippen molar-refractivity contribution in [2.75, 3.05) is 33.8 Å². The first-order valence-electron chi connectivity index (χ1n) is 8.31. The average Bonchev–Trinajstić information content (AvgIpc) is 2.59. The van der Waals surface area contributed by atoms with E-state index in [2.05, 4.69) is 27.0 Å². The van der Waals surface area contributed by atoms with Gasteiger partial charge in [-0.2, -0.15) is 0 Å². The number of ether oxygens (including phenoxy) is 1. The molecule has 0 atom stereocenters. The normalized spacial score (nSPS) is 11.3. The lowest BCUT2D eigenvalue weighted by molar-refractivity contribution is -0.128. The highest BCUT2D eigenvalue weighted by Crippen LogP contribution is 2.17. The summed E-state index contributed by atoms with van der Waals surface area (Å²) in [5.41, 5.74) is 0.605. The third-order valence-electron chi connectivity index (χ3n) is 3.70. The Balaban J connectivity index is 0.00000576. The number of para-hydroxylation sites is 1. The van der Waals surface area contributed by atoms with Crippen molar-refractivity contribution >= 4 is 35.8 Å². The predicted octanol–water partition coefficient (Wildman–Crippen LogP) is 2.18. The topological polar surface area (TPSA) is 74.8 Å². The van der Waals surface area contributed by atoms with Crippen LogP contribution < -0.4 is 20.7 Å². The molecule has 1 aromatic rings. The molecule has 7 heteroatoms. The Kier molecular flexibility index (Phi) is 11.2. The van der Waals surface area contributed by atoms with E-state index in [4.69, 9.17) is 4.74 Å². The highest BCUT2D eigenvalue weighted by Gasteiger charge is 2.26. The van der Waals surface area contributed by atoms with Crippen LogP contribution >= 0.6 is 24.0 Å². The number of nitrogens with one attached hydrogen (secondary N) is 3. The maximum absolute atomic E-state index is 11.8. The molecule has 1 amide bonds. The fourth-order valence-corrected chi connectivity index (χ4v) is 2.25. The smallest absolute Gasteiger partial charge is 0.227 e. The molecule has 3 N–H and O–H groups in total. The molecule has 0 aliphatic rings. The number of nitrogens with zero attached hydrogens (tertiary/aromatic N) is 1. The SMILES string of the molecule is CCNC(=NCC(C)(C)C(=O)NC)NCCc1ccccc1OC.I. The van der Waals surface area contributed by atoms with Crippen molar-refractivity contribution in [3.8, 4) is 5.75 Å². The number of guanidine groups is 1. The van der Waals surface area contributed by atoms with E-state index in [0.717, 1.165) is 30.8 Å². The first-order chi connectivity index (χ1) is 11.4. The van der Waals surface area contributed by atoms with Crippen LogP contribution in [0.3, 0.4) is 0 Å². The van der Waals surface area contributed by atoms with Gasteiger partial charge >= 0.3 is 0 Å². The van der Waals surface area contributed by atoms with Crippen molar-refractivity contribution in [1.29, 1.82) is 0 Å². The van der Waals surface area contributed by atoms with Gasteiger partial charge in [0.15, 0.2) is 5.96 Å². The fraction of sp³-hybridized carbons (Fsp3) is 0.556. The van der Waals surface area contributed by atoms with E-state index in [1.165, 1.54) is 0 Å². The van der Waals surface area contributed by atoms with Crippen molar-refractivity contribution in [1.82, 2.24) is 16.0 Å². The molecule has 0 unspecified atom stereocenters. The van der Waals surface area contributed by atoms with Gasteiger partial charge in [0, 0.05) is 20.1 Å². The van der Waals surface area contributed by atoms with E-state index in [1.54, 1.807) is 14.2 Å². The number of amides is 1. The minimum atomic E-state index is -0.542.